The van der Waals surface area contributed by atoms with E-state index in [-0.39, 0.29) is 30.4 Å². The lowest BCUT2D eigenvalue weighted by Crippen LogP contribution is -2.43. The number of piperidine rings is 1. The maximum Gasteiger partial charge on any atom is 0.236 e. The zero-order chi connectivity index (χ0) is 14.5. The molecule has 6 heteroatoms. The second-order valence-electron chi connectivity index (χ2n) is 5.29. The van der Waals surface area contributed by atoms with Gasteiger partial charge in [0.05, 0.1) is 6.54 Å². The lowest BCUT2D eigenvalue weighted by Gasteiger charge is -2.32. The van der Waals surface area contributed by atoms with Crippen LogP contribution in [0.2, 0.25) is 0 Å². The molecule has 1 aromatic carbocycles. The minimum absolute atomic E-state index is 0. The predicted molar refractivity (Wildman–Crippen MR) is 80.3 cm³/mol. The highest BCUT2D eigenvalue weighted by Crippen LogP contribution is 2.23. The first-order valence-corrected chi connectivity index (χ1v) is 7.02. The fourth-order valence-corrected chi connectivity index (χ4v) is 2.78. The second kappa shape index (κ2) is 8.29. The fourth-order valence-electron chi connectivity index (χ4n) is 2.78. The number of nitrogens with zero attached hydrogens (tertiary/aromatic N) is 1. The first kappa shape index (κ1) is 17.9. The van der Waals surface area contributed by atoms with Gasteiger partial charge in [0.2, 0.25) is 5.91 Å². The molecule has 1 unspecified atom stereocenters. The van der Waals surface area contributed by atoms with Crippen molar-refractivity contribution in [3.63, 3.8) is 0 Å². The lowest BCUT2D eigenvalue weighted by molar-refractivity contribution is -0.131. The number of halogens is 3. The third kappa shape index (κ3) is 4.64. The van der Waals surface area contributed by atoms with Gasteiger partial charge in [-0.15, -0.1) is 12.4 Å². The zero-order valence-corrected chi connectivity index (χ0v) is 12.7. The van der Waals surface area contributed by atoms with Crippen molar-refractivity contribution < 1.29 is 13.6 Å². The molecule has 0 aromatic heterocycles. The molecule has 0 saturated carbocycles. The third-order valence-corrected chi connectivity index (χ3v) is 3.91. The highest BCUT2D eigenvalue weighted by Gasteiger charge is 2.23. The number of hydrogen-bond donors (Lipinski definition) is 1. The van der Waals surface area contributed by atoms with Gasteiger partial charge in [0.15, 0.2) is 0 Å². The monoisotopic (exact) mass is 318 g/mol. The number of nitrogens with two attached hydrogens (primary N) is 1. The van der Waals surface area contributed by atoms with E-state index in [9.17, 15) is 13.6 Å². The van der Waals surface area contributed by atoms with Crippen LogP contribution >= 0.6 is 12.4 Å². The van der Waals surface area contributed by atoms with Crippen molar-refractivity contribution in [2.75, 3.05) is 19.6 Å². The van der Waals surface area contributed by atoms with E-state index < -0.39 is 11.6 Å². The number of rotatable bonds is 4. The number of carbonyl (C=O) groups is 1. The van der Waals surface area contributed by atoms with E-state index in [1.165, 1.54) is 18.2 Å². The van der Waals surface area contributed by atoms with Crippen molar-refractivity contribution in [2.24, 2.45) is 11.7 Å². The van der Waals surface area contributed by atoms with Crippen LogP contribution in [0.5, 0.6) is 0 Å². The maximum absolute atomic E-state index is 13.5. The standard InChI is InChI=1S/C15H20F2N2O.ClH/c16-13-4-1-5-14(17)12(13)7-6-11-3-2-8-19(10-11)15(20)9-18;/h1,4-5,11H,2-3,6-10,18H2;1H. The van der Waals surface area contributed by atoms with Crippen LogP contribution in [0.4, 0.5) is 8.78 Å². The van der Waals surface area contributed by atoms with E-state index in [4.69, 9.17) is 5.73 Å². The first-order valence-electron chi connectivity index (χ1n) is 7.02. The van der Waals surface area contributed by atoms with Crippen LogP contribution in [0.25, 0.3) is 0 Å². The van der Waals surface area contributed by atoms with Crippen LogP contribution < -0.4 is 5.73 Å². The van der Waals surface area contributed by atoms with Gasteiger partial charge >= 0.3 is 0 Å². The molecule has 0 radical (unpaired) electrons. The molecular weight excluding hydrogens is 298 g/mol. The van der Waals surface area contributed by atoms with Gasteiger partial charge in [-0.3, -0.25) is 4.79 Å². The zero-order valence-electron chi connectivity index (χ0n) is 11.9. The number of amides is 1. The average molecular weight is 319 g/mol. The van der Waals surface area contributed by atoms with E-state index in [2.05, 4.69) is 0 Å². The molecule has 2 N–H and O–H groups in total. The molecule has 1 heterocycles. The summed E-state index contributed by atoms with van der Waals surface area (Å²) < 4.78 is 27.1. The summed E-state index contributed by atoms with van der Waals surface area (Å²) in [6, 6.07) is 3.93. The summed E-state index contributed by atoms with van der Waals surface area (Å²) in [4.78, 5) is 13.3. The molecule has 1 fully saturated rings. The molecule has 118 valence electrons. The molecule has 1 aliphatic heterocycles. The second-order valence-corrected chi connectivity index (χ2v) is 5.29. The van der Waals surface area contributed by atoms with Crippen LogP contribution in [-0.2, 0) is 11.2 Å². The minimum Gasteiger partial charge on any atom is -0.341 e. The SMILES string of the molecule is Cl.NCC(=O)N1CCCC(CCc2c(F)cccc2F)C1. The molecule has 0 bridgehead atoms. The number of benzene rings is 1. The smallest absolute Gasteiger partial charge is 0.236 e. The molecule has 1 aliphatic rings. The Balaban J connectivity index is 0.00000220. The summed E-state index contributed by atoms with van der Waals surface area (Å²) >= 11 is 0. The topological polar surface area (TPSA) is 46.3 Å². The van der Waals surface area contributed by atoms with E-state index in [1.807, 2.05) is 0 Å². The molecule has 21 heavy (non-hydrogen) atoms. The van der Waals surface area contributed by atoms with E-state index >= 15 is 0 Å². The summed E-state index contributed by atoms with van der Waals surface area (Å²) in [5.74, 6) is -0.739. The Labute approximate surface area is 129 Å². The van der Waals surface area contributed by atoms with Gasteiger partial charge in [0.1, 0.15) is 11.6 Å². The van der Waals surface area contributed by atoms with Gasteiger partial charge in [-0.2, -0.15) is 0 Å². The number of carbonyl (C=O) groups excluding carboxylic acids is 1. The Morgan fingerprint density at radius 3 is 2.62 bits per heavy atom. The molecule has 3 nitrogen and oxygen atoms in total. The molecule has 1 saturated heterocycles. The summed E-state index contributed by atoms with van der Waals surface area (Å²) in [5.41, 5.74) is 5.51. The Hall–Kier alpha value is -1.20. The van der Waals surface area contributed by atoms with Crippen LogP contribution in [0.15, 0.2) is 18.2 Å². The van der Waals surface area contributed by atoms with Crippen molar-refractivity contribution in [3.8, 4) is 0 Å². The van der Waals surface area contributed by atoms with E-state index in [1.54, 1.807) is 4.90 Å². The van der Waals surface area contributed by atoms with E-state index in [0.717, 1.165) is 19.4 Å². The molecule has 1 atom stereocenters. The maximum atomic E-state index is 13.5. The highest BCUT2D eigenvalue weighted by molar-refractivity contribution is 5.85. The minimum atomic E-state index is -0.490. The van der Waals surface area contributed by atoms with Crippen LogP contribution in [0.3, 0.4) is 0 Å². The Morgan fingerprint density at radius 1 is 1.33 bits per heavy atom. The van der Waals surface area contributed by atoms with Gasteiger partial charge in [0, 0.05) is 18.7 Å². The van der Waals surface area contributed by atoms with Crippen molar-refractivity contribution in [1.82, 2.24) is 4.90 Å². The molecular formula is C15H21ClF2N2O. The van der Waals surface area contributed by atoms with Crippen molar-refractivity contribution in [2.45, 2.75) is 25.7 Å². The molecule has 2 rings (SSSR count). The lowest BCUT2D eigenvalue weighted by atomic mass is 9.91. The van der Waals surface area contributed by atoms with Gasteiger partial charge in [-0.05, 0) is 43.7 Å². The van der Waals surface area contributed by atoms with Gasteiger partial charge in [0.25, 0.3) is 0 Å². The Bertz CT molecular complexity index is 464. The first-order chi connectivity index (χ1) is 9.61. The van der Waals surface area contributed by atoms with Gasteiger partial charge in [-0.1, -0.05) is 6.07 Å². The van der Waals surface area contributed by atoms with Crippen molar-refractivity contribution >= 4 is 18.3 Å². The van der Waals surface area contributed by atoms with Crippen LogP contribution in [0, 0.1) is 17.6 Å². The highest BCUT2D eigenvalue weighted by atomic mass is 35.5. The molecule has 0 aliphatic carbocycles. The van der Waals surface area contributed by atoms with Crippen molar-refractivity contribution in [3.05, 3.63) is 35.4 Å². The van der Waals surface area contributed by atoms with Gasteiger partial charge in [-0.25, -0.2) is 8.78 Å². The Morgan fingerprint density at radius 2 is 2.00 bits per heavy atom. The fraction of sp³-hybridized carbons (Fsp3) is 0.533. The van der Waals surface area contributed by atoms with Crippen LogP contribution in [0.1, 0.15) is 24.8 Å². The largest absolute Gasteiger partial charge is 0.341 e. The molecule has 1 aromatic rings. The third-order valence-electron chi connectivity index (χ3n) is 3.91. The van der Waals surface area contributed by atoms with E-state index in [0.29, 0.717) is 25.3 Å². The predicted octanol–water partition coefficient (Wildman–Crippen LogP) is 2.52. The number of hydrogen-bond acceptors (Lipinski definition) is 2. The van der Waals surface area contributed by atoms with Gasteiger partial charge < -0.3 is 10.6 Å². The Kier molecular flexibility index (Phi) is 7.05. The average Bonchev–Trinajstić information content (AvgIpc) is 2.46. The molecule has 0 spiro atoms. The molecule has 1 amide bonds. The van der Waals surface area contributed by atoms with Crippen LogP contribution in [-0.4, -0.2) is 30.4 Å². The number of likely N-dealkylation sites (tertiary alicyclic amines) is 1. The van der Waals surface area contributed by atoms with Crippen molar-refractivity contribution in [1.29, 1.82) is 0 Å². The summed E-state index contributed by atoms with van der Waals surface area (Å²) in [7, 11) is 0. The summed E-state index contributed by atoms with van der Waals surface area (Å²) in [6.45, 7) is 1.40. The summed E-state index contributed by atoms with van der Waals surface area (Å²) in [5, 5.41) is 0. The summed E-state index contributed by atoms with van der Waals surface area (Å²) in [6.07, 6.45) is 2.97. The quantitative estimate of drug-likeness (QED) is 0.927. The normalized spacial score (nSPS) is 18.2.